The first-order valence-corrected chi connectivity index (χ1v) is 6.63. The van der Waals surface area contributed by atoms with Crippen LogP contribution in [0.15, 0.2) is 0 Å². The lowest BCUT2D eigenvalue weighted by molar-refractivity contribution is -0.0972. The summed E-state index contributed by atoms with van der Waals surface area (Å²) in [5.41, 5.74) is 0.487. The lowest BCUT2D eigenvalue weighted by atomic mass is 9.75. The molecule has 3 heteroatoms. The predicted octanol–water partition coefficient (Wildman–Crippen LogP) is 2.40. The fraction of sp³-hybridized carbons (Fsp3) is 1.00. The maximum atomic E-state index is 5.86. The van der Waals surface area contributed by atoms with Crippen LogP contribution in [-0.2, 0) is 9.47 Å². The quantitative estimate of drug-likeness (QED) is 0.546. The van der Waals surface area contributed by atoms with Gasteiger partial charge in [-0.3, -0.25) is 0 Å². The highest BCUT2D eigenvalue weighted by molar-refractivity contribution is 14.1. The Kier molecular flexibility index (Phi) is 3.48. The Morgan fingerprint density at radius 3 is 2.54 bits per heavy atom. The molecule has 0 aromatic heterocycles. The molecule has 0 aliphatic carbocycles. The molecule has 2 nitrogen and oxygen atoms in total. The van der Waals surface area contributed by atoms with Gasteiger partial charge in [0.15, 0.2) is 0 Å². The Balaban J connectivity index is 1.87. The molecule has 0 bridgehead atoms. The van der Waals surface area contributed by atoms with Crippen LogP contribution in [0.3, 0.4) is 0 Å². The third-order valence-electron chi connectivity index (χ3n) is 3.35. The minimum absolute atomic E-state index is 0.487. The average Bonchev–Trinajstić information content (AvgIpc) is 2.20. The van der Waals surface area contributed by atoms with Gasteiger partial charge in [0.1, 0.15) is 0 Å². The standard InChI is InChI=1S/C10H17IO2/c11-7-9-1-2-10(8-13-9)3-5-12-6-4-10/h9H,1-8H2. The summed E-state index contributed by atoms with van der Waals surface area (Å²) >= 11 is 2.42. The molecule has 13 heavy (non-hydrogen) atoms. The molecule has 0 saturated carbocycles. The van der Waals surface area contributed by atoms with Gasteiger partial charge in [-0.1, -0.05) is 22.6 Å². The fourth-order valence-corrected chi connectivity index (χ4v) is 2.93. The molecule has 0 radical (unpaired) electrons. The number of hydrogen-bond acceptors (Lipinski definition) is 2. The van der Waals surface area contributed by atoms with E-state index < -0.39 is 0 Å². The summed E-state index contributed by atoms with van der Waals surface area (Å²) in [5, 5.41) is 0. The van der Waals surface area contributed by atoms with E-state index in [9.17, 15) is 0 Å². The Morgan fingerprint density at radius 2 is 2.00 bits per heavy atom. The van der Waals surface area contributed by atoms with Crippen molar-refractivity contribution < 1.29 is 9.47 Å². The Bertz CT molecular complexity index is 156. The van der Waals surface area contributed by atoms with Crippen LogP contribution in [0.5, 0.6) is 0 Å². The van der Waals surface area contributed by atoms with Crippen molar-refractivity contribution in [1.29, 1.82) is 0 Å². The molecular weight excluding hydrogens is 279 g/mol. The van der Waals surface area contributed by atoms with Crippen molar-refractivity contribution in [3.05, 3.63) is 0 Å². The van der Waals surface area contributed by atoms with E-state index in [-0.39, 0.29) is 0 Å². The maximum Gasteiger partial charge on any atom is 0.0664 e. The zero-order valence-corrected chi connectivity index (χ0v) is 10.1. The van der Waals surface area contributed by atoms with Crippen molar-refractivity contribution in [3.63, 3.8) is 0 Å². The zero-order valence-electron chi connectivity index (χ0n) is 7.93. The Hall–Kier alpha value is 0.650. The van der Waals surface area contributed by atoms with Crippen molar-refractivity contribution >= 4 is 22.6 Å². The smallest absolute Gasteiger partial charge is 0.0664 e. The molecule has 0 N–H and O–H groups in total. The minimum atomic E-state index is 0.487. The summed E-state index contributed by atoms with van der Waals surface area (Å²) in [4.78, 5) is 0. The highest BCUT2D eigenvalue weighted by Crippen LogP contribution is 2.39. The van der Waals surface area contributed by atoms with Gasteiger partial charge in [-0.15, -0.1) is 0 Å². The van der Waals surface area contributed by atoms with Crippen LogP contribution in [0, 0.1) is 5.41 Å². The summed E-state index contributed by atoms with van der Waals surface area (Å²) in [6, 6.07) is 0. The largest absolute Gasteiger partial charge is 0.381 e. The van der Waals surface area contributed by atoms with E-state index in [0.717, 1.165) is 24.2 Å². The molecule has 1 unspecified atom stereocenters. The summed E-state index contributed by atoms with van der Waals surface area (Å²) in [7, 11) is 0. The van der Waals surface area contributed by atoms with Crippen molar-refractivity contribution in [2.45, 2.75) is 31.8 Å². The van der Waals surface area contributed by atoms with Crippen LogP contribution in [0.2, 0.25) is 0 Å². The van der Waals surface area contributed by atoms with Crippen LogP contribution >= 0.6 is 22.6 Å². The number of alkyl halides is 1. The minimum Gasteiger partial charge on any atom is -0.381 e. The predicted molar refractivity (Wildman–Crippen MR) is 60.3 cm³/mol. The lowest BCUT2D eigenvalue weighted by Crippen LogP contribution is -2.40. The maximum absolute atomic E-state index is 5.86. The lowest BCUT2D eigenvalue weighted by Gasteiger charge is -2.42. The van der Waals surface area contributed by atoms with Crippen molar-refractivity contribution in [1.82, 2.24) is 0 Å². The van der Waals surface area contributed by atoms with Crippen LogP contribution < -0.4 is 0 Å². The van der Waals surface area contributed by atoms with Crippen LogP contribution in [0.25, 0.3) is 0 Å². The summed E-state index contributed by atoms with van der Waals surface area (Å²) in [5.74, 6) is 0. The van der Waals surface area contributed by atoms with E-state index in [4.69, 9.17) is 9.47 Å². The first-order chi connectivity index (χ1) is 6.35. The highest BCUT2D eigenvalue weighted by atomic mass is 127. The molecule has 0 aromatic carbocycles. The van der Waals surface area contributed by atoms with Crippen LogP contribution in [-0.4, -0.2) is 30.4 Å². The van der Waals surface area contributed by atoms with Crippen molar-refractivity contribution in [2.75, 3.05) is 24.2 Å². The van der Waals surface area contributed by atoms with Gasteiger partial charge >= 0.3 is 0 Å². The molecule has 1 atom stereocenters. The third-order valence-corrected chi connectivity index (χ3v) is 4.33. The number of halogens is 1. The molecule has 2 aliphatic rings. The molecule has 2 fully saturated rings. The second-order valence-electron chi connectivity index (χ2n) is 4.24. The SMILES string of the molecule is ICC1CCC2(CCOCC2)CO1. The number of hydrogen-bond donors (Lipinski definition) is 0. The summed E-state index contributed by atoms with van der Waals surface area (Å²) in [6.45, 7) is 2.86. The van der Waals surface area contributed by atoms with Gasteiger partial charge in [0, 0.05) is 17.6 Å². The Labute approximate surface area is 93.5 Å². The van der Waals surface area contributed by atoms with Gasteiger partial charge < -0.3 is 9.47 Å². The topological polar surface area (TPSA) is 18.5 Å². The highest BCUT2D eigenvalue weighted by Gasteiger charge is 2.37. The molecule has 2 heterocycles. The first-order valence-electron chi connectivity index (χ1n) is 5.10. The van der Waals surface area contributed by atoms with E-state index in [1.54, 1.807) is 0 Å². The average molecular weight is 296 g/mol. The molecule has 0 amide bonds. The number of ether oxygens (including phenoxy) is 2. The second-order valence-corrected chi connectivity index (χ2v) is 5.12. The van der Waals surface area contributed by atoms with E-state index >= 15 is 0 Å². The third kappa shape index (κ3) is 2.36. The van der Waals surface area contributed by atoms with Crippen molar-refractivity contribution in [2.24, 2.45) is 5.41 Å². The van der Waals surface area contributed by atoms with Crippen LogP contribution in [0.4, 0.5) is 0 Å². The molecule has 1 spiro atoms. The zero-order chi connectivity index (χ0) is 9.15. The summed E-state index contributed by atoms with van der Waals surface area (Å²) < 4.78 is 12.4. The Morgan fingerprint density at radius 1 is 1.23 bits per heavy atom. The van der Waals surface area contributed by atoms with Gasteiger partial charge in [0.05, 0.1) is 12.7 Å². The molecular formula is C10H17IO2. The number of rotatable bonds is 1. The molecule has 0 aromatic rings. The van der Waals surface area contributed by atoms with E-state index in [2.05, 4.69) is 22.6 Å². The van der Waals surface area contributed by atoms with Gasteiger partial charge in [0.25, 0.3) is 0 Å². The van der Waals surface area contributed by atoms with Crippen LogP contribution in [0.1, 0.15) is 25.7 Å². The van der Waals surface area contributed by atoms with Gasteiger partial charge in [-0.25, -0.2) is 0 Å². The normalized spacial score (nSPS) is 33.5. The molecule has 2 aliphatic heterocycles. The summed E-state index contributed by atoms with van der Waals surface area (Å²) in [6.07, 6.45) is 5.55. The first kappa shape index (κ1) is 10.2. The van der Waals surface area contributed by atoms with Gasteiger partial charge in [-0.05, 0) is 31.1 Å². The van der Waals surface area contributed by atoms with E-state index in [1.165, 1.54) is 25.7 Å². The van der Waals surface area contributed by atoms with E-state index in [1.807, 2.05) is 0 Å². The second kappa shape index (κ2) is 4.45. The van der Waals surface area contributed by atoms with Crippen molar-refractivity contribution in [3.8, 4) is 0 Å². The van der Waals surface area contributed by atoms with Gasteiger partial charge in [0.2, 0.25) is 0 Å². The van der Waals surface area contributed by atoms with Gasteiger partial charge in [-0.2, -0.15) is 0 Å². The molecule has 2 rings (SSSR count). The monoisotopic (exact) mass is 296 g/mol. The molecule has 76 valence electrons. The molecule has 2 saturated heterocycles. The van der Waals surface area contributed by atoms with E-state index in [0.29, 0.717) is 11.5 Å². The fourth-order valence-electron chi connectivity index (χ4n) is 2.24.